The topological polar surface area (TPSA) is 58.6 Å². The minimum absolute atomic E-state index is 0.147. The van der Waals surface area contributed by atoms with E-state index in [1.165, 1.54) is 25.3 Å². The van der Waals surface area contributed by atoms with Crippen molar-refractivity contribution in [3.05, 3.63) is 52.8 Å². The van der Waals surface area contributed by atoms with Gasteiger partial charge in [-0.3, -0.25) is 4.79 Å². The largest absolute Gasteiger partial charge is 0.508 e. The van der Waals surface area contributed by atoms with Gasteiger partial charge in [0, 0.05) is 5.69 Å². The van der Waals surface area contributed by atoms with Crippen LogP contribution in [0.4, 0.5) is 10.1 Å². The molecule has 21 heavy (non-hydrogen) atoms. The zero-order valence-corrected chi connectivity index (χ0v) is 12.0. The molecule has 2 aromatic carbocycles. The summed E-state index contributed by atoms with van der Waals surface area (Å²) in [7, 11) is 1.38. The van der Waals surface area contributed by atoms with Gasteiger partial charge in [0.15, 0.2) is 0 Å². The summed E-state index contributed by atoms with van der Waals surface area (Å²) in [4.78, 5) is 12.3. The van der Waals surface area contributed by atoms with Gasteiger partial charge < -0.3 is 15.2 Å². The first-order valence-corrected chi connectivity index (χ1v) is 6.38. The summed E-state index contributed by atoms with van der Waals surface area (Å²) >= 11 is 0. The maximum Gasteiger partial charge on any atom is 0.262 e. The average molecular weight is 289 g/mol. The lowest BCUT2D eigenvalue weighted by atomic mass is 10.1. The Balaban J connectivity index is 2.37. The molecular formula is C16H16FNO3. The summed E-state index contributed by atoms with van der Waals surface area (Å²) in [6, 6.07) is 7.37. The number of aryl methyl sites for hydroxylation is 2. The second-order valence-corrected chi connectivity index (χ2v) is 4.72. The average Bonchev–Trinajstić information content (AvgIpc) is 2.44. The molecule has 0 bridgehead atoms. The monoisotopic (exact) mass is 289 g/mol. The van der Waals surface area contributed by atoms with E-state index in [0.29, 0.717) is 16.8 Å². The van der Waals surface area contributed by atoms with Crippen LogP contribution in [0.25, 0.3) is 0 Å². The minimum Gasteiger partial charge on any atom is -0.508 e. The van der Waals surface area contributed by atoms with Crippen molar-refractivity contribution in [2.24, 2.45) is 0 Å². The number of amides is 1. The van der Waals surface area contributed by atoms with Crippen LogP contribution < -0.4 is 10.1 Å². The lowest BCUT2D eigenvalue weighted by molar-refractivity contribution is 0.102. The van der Waals surface area contributed by atoms with Crippen LogP contribution in [-0.2, 0) is 0 Å². The van der Waals surface area contributed by atoms with Crippen LogP contribution in [-0.4, -0.2) is 18.1 Å². The third kappa shape index (κ3) is 2.97. The number of carbonyl (C=O) groups excluding carboxylic acids is 1. The number of rotatable bonds is 3. The predicted molar refractivity (Wildman–Crippen MR) is 78.5 cm³/mol. The number of methoxy groups -OCH3 is 1. The number of ether oxygens (including phenoxy) is 1. The zero-order chi connectivity index (χ0) is 15.6. The Kier molecular flexibility index (Phi) is 4.12. The van der Waals surface area contributed by atoms with Crippen LogP contribution in [0.3, 0.4) is 0 Å². The van der Waals surface area contributed by atoms with E-state index in [1.54, 1.807) is 26.0 Å². The summed E-state index contributed by atoms with van der Waals surface area (Å²) < 4.78 is 18.9. The van der Waals surface area contributed by atoms with Gasteiger partial charge in [0.1, 0.15) is 22.9 Å². The summed E-state index contributed by atoms with van der Waals surface area (Å²) in [6.07, 6.45) is 0. The number of nitrogens with one attached hydrogen (secondary N) is 1. The van der Waals surface area contributed by atoms with Gasteiger partial charge in [-0.05, 0) is 49.2 Å². The molecule has 4 nitrogen and oxygen atoms in total. The van der Waals surface area contributed by atoms with E-state index in [-0.39, 0.29) is 17.1 Å². The highest BCUT2D eigenvalue weighted by molar-refractivity contribution is 6.06. The van der Waals surface area contributed by atoms with E-state index >= 15 is 0 Å². The Morgan fingerprint density at radius 1 is 1.24 bits per heavy atom. The quantitative estimate of drug-likeness (QED) is 0.851. The van der Waals surface area contributed by atoms with Crippen molar-refractivity contribution >= 4 is 11.6 Å². The minimum atomic E-state index is -0.653. The molecule has 0 aromatic heterocycles. The molecule has 0 saturated heterocycles. The summed E-state index contributed by atoms with van der Waals surface area (Å²) in [5.41, 5.74) is 1.67. The number of benzene rings is 2. The molecule has 110 valence electrons. The van der Waals surface area contributed by atoms with E-state index in [4.69, 9.17) is 4.74 Å². The number of carbonyl (C=O) groups is 1. The molecule has 5 heteroatoms. The molecule has 2 rings (SSSR count). The second-order valence-electron chi connectivity index (χ2n) is 4.72. The van der Waals surface area contributed by atoms with Gasteiger partial charge in [-0.25, -0.2) is 4.39 Å². The standard InChI is InChI=1S/C16H16FNO3/c1-9-8-13(19)10(2)7-12(9)18-16(20)15-11(17)5-4-6-14(15)21-3/h4-8,19H,1-3H3,(H,18,20). The number of anilines is 1. The number of hydrogen-bond acceptors (Lipinski definition) is 3. The highest BCUT2D eigenvalue weighted by Crippen LogP contribution is 2.27. The third-order valence-corrected chi connectivity index (χ3v) is 3.21. The molecule has 1 amide bonds. The van der Waals surface area contributed by atoms with Gasteiger partial charge in [-0.15, -0.1) is 0 Å². The van der Waals surface area contributed by atoms with E-state index in [9.17, 15) is 14.3 Å². The van der Waals surface area contributed by atoms with Crippen molar-refractivity contribution in [1.82, 2.24) is 0 Å². The van der Waals surface area contributed by atoms with Crippen molar-refractivity contribution in [3.63, 3.8) is 0 Å². The van der Waals surface area contributed by atoms with E-state index in [0.717, 1.165) is 0 Å². The molecule has 0 aliphatic carbocycles. The Morgan fingerprint density at radius 2 is 1.95 bits per heavy atom. The highest BCUT2D eigenvalue weighted by atomic mass is 19.1. The highest BCUT2D eigenvalue weighted by Gasteiger charge is 2.18. The number of phenolic OH excluding ortho intramolecular Hbond substituents is 1. The Hall–Kier alpha value is -2.56. The zero-order valence-electron chi connectivity index (χ0n) is 12.0. The van der Waals surface area contributed by atoms with Crippen molar-refractivity contribution in [2.45, 2.75) is 13.8 Å². The van der Waals surface area contributed by atoms with Gasteiger partial charge in [-0.2, -0.15) is 0 Å². The lowest BCUT2D eigenvalue weighted by Crippen LogP contribution is -2.16. The molecule has 0 aliphatic rings. The molecule has 0 heterocycles. The van der Waals surface area contributed by atoms with Crippen molar-refractivity contribution in [3.8, 4) is 11.5 Å². The summed E-state index contributed by atoms with van der Waals surface area (Å²) in [5.74, 6) is -0.937. The van der Waals surface area contributed by atoms with Crippen molar-refractivity contribution < 1.29 is 19.0 Å². The van der Waals surface area contributed by atoms with Gasteiger partial charge in [0.2, 0.25) is 0 Å². The fourth-order valence-electron chi connectivity index (χ4n) is 2.02. The molecule has 0 fully saturated rings. The number of phenols is 1. The van der Waals surface area contributed by atoms with Gasteiger partial charge in [0.25, 0.3) is 5.91 Å². The fourth-order valence-corrected chi connectivity index (χ4v) is 2.02. The van der Waals surface area contributed by atoms with Crippen LogP contribution in [0.1, 0.15) is 21.5 Å². The van der Waals surface area contributed by atoms with Crippen molar-refractivity contribution in [2.75, 3.05) is 12.4 Å². The smallest absolute Gasteiger partial charge is 0.262 e. The van der Waals surface area contributed by atoms with Gasteiger partial charge in [0.05, 0.1) is 7.11 Å². The first-order chi connectivity index (χ1) is 9.93. The number of hydrogen-bond donors (Lipinski definition) is 2. The van der Waals surface area contributed by atoms with Crippen LogP contribution in [0.5, 0.6) is 11.5 Å². The lowest BCUT2D eigenvalue weighted by Gasteiger charge is -2.13. The number of halogens is 1. The van der Waals surface area contributed by atoms with E-state index in [1.807, 2.05) is 0 Å². The molecule has 0 spiro atoms. The molecule has 2 N–H and O–H groups in total. The van der Waals surface area contributed by atoms with Crippen LogP contribution >= 0.6 is 0 Å². The first-order valence-electron chi connectivity index (χ1n) is 6.38. The Morgan fingerprint density at radius 3 is 2.62 bits per heavy atom. The third-order valence-electron chi connectivity index (χ3n) is 3.21. The predicted octanol–water partition coefficient (Wildman–Crippen LogP) is 3.41. The maximum absolute atomic E-state index is 13.9. The fraction of sp³-hybridized carbons (Fsp3) is 0.188. The molecule has 2 aromatic rings. The second kappa shape index (κ2) is 5.83. The molecule has 0 atom stereocenters. The molecule has 0 saturated carbocycles. The van der Waals surface area contributed by atoms with E-state index < -0.39 is 11.7 Å². The van der Waals surface area contributed by atoms with Gasteiger partial charge >= 0.3 is 0 Å². The molecule has 0 unspecified atom stereocenters. The van der Waals surface area contributed by atoms with Gasteiger partial charge in [-0.1, -0.05) is 6.07 Å². The van der Waals surface area contributed by atoms with E-state index in [2.05, 4.69) is 5.32 Å². The summed E-state index contributed by atoms with van der Waals surface area (Å²) in [6.45, 7) is 3.46. The first kappa shape index (κ1) is 14.8. The Labute approximate surface area is 122 Å². The maximum atomic E-state index is 13.9. The molecular weight excluding hydrogens is 273 g/mol. The summed E-state index contributed by atoms with van der Waals surface area (Å²) in [5, 5.41) is 12.2. The molecule has 0 radical (unpaired) electrons. The molecule has 0 aliphatic heterocycles. The Bertz CT molecular complexity index is 698. The SMILES string of the molecule is COc1cccc(F)c1C(=O)Nc1cc(C)c(O)cc1C. The number of aromatic hydroxyl groups is 1. The van der Waals surface area contributed by atoms with Crippen LogP contribution in [0.15, 0.2) is 30.3 Å². The normalized spacial score (nSPS) is 10.3. The van der Waals surface area contributed by atoms with Crippen molar-refractivity contribution in [1.29, 1.82) is 0 Å². The van der Waals surface area contributed by atoms with Crippen LogP contribution in [0.2, 0.25) is 0 Å². The van der Waals surface area contributed by atoms with Crippen LogP contribution in [0, 0.1) is 19.7 Å².